The molecule has 6 heteroatoms. The summed E-state index contributed by atoms with van der Waals surface area (Å²) in [5.74, 6) is -0.0208. The Hall–Kier alpha value is -2.08. The lowest BCUT2D eigenvalue weighted by molar-refractivity contribution is -0.125. The number of aromatic hydroxyl groups is 1. The summed E-state index contributed by atoms with van der Waals surface area (Å²) in [5.41, 5.74) is 2.99. The number of carbonyl (C=O) groups is 1. The minimum atomic E-state index is -0.0977. The summed E-state index contributed by atoms with van der Waals surface area (Å²) >= 11 is 0. The van der Waals surface area contributed by atoms with Crippen molar-refractivity contribution < 1.29 is 14.6 Å². The van der Waals surface area contributed by atoms with E-state index in [-0.39, 0.29) is 18.3 Å². The number of carbonyl (C=O) groups excluding carboxylic acids is 1. The number of aromatic nitrogens is 2. The molecule has 1 aliphatic rings. The second-order valence-electron chi connectivity index (χ2n) is 4.66. The van der Waals surface area contributed by atoms with Gasteiger partial charge in [0.15, 0.2) is 11.4 Å². The van der Waals surface area contributed by atoms with Gasteiger partial charge in [-0.2, -0.15) is 0 Å². The molecule has 0 aliphatic carbocycles. The van der Waals surface area contributed by atoms with Crippen molar-refractivity contribution in [2.75, 3.05) is 24.7 Å². The second-order valence-corrected chi connectivity index (χ2v) is 4.66. The minimum Gasteiger partial charge on any atom is -0.504 e. The molecule has 1 fully saturated rings. The average Bonchev–Trinajstić information content (AvgIpc) is 2.67. The van der Waals surface area contributed by atoms with Gasteiger partial charge in [0, 0.05) is 24.5 Å². The van der Waals surface area contributed by atoms with Crippen molar-refractivity contribution in [3.63, 3.8) is 0 Å². The van der Waals surface area contributed by atoms with E-state index in [0.717, 1.165) is 11.4 Å². The normalized spacial score (nSPS) is 16.3. The quantitative estimate of drug-likeness (QED) is 0.832. The van der Waals surface area contributed by atoms with Crippen LogP contribution < -0.4 is 4.90 Å². The first-order valence-electron chi connectivity index (χ1n) is 6.14. The number of imidazole rings is 1. The van der Waals surface area contributed by atoms with Gasteiger partial charge in [0.05, 0.1) is 18.0 Å². The molecule has 3 heterocycles. The zero-order valence-electron chi connectivity index (χ0n) is 10.9. The van der Waals surface area contributed by atoms with E-state index in [1.54, 1.807) is 11.0 Å². The molecule has 19 heavy (non-hydrogen) atoms. The van der Waals surface area contributed by atoms with Crippen LogP contribution >= 0.6 is 0 Å². The van der Waals surface area contributed by atoms with Gasteiger partial charge < -0.3 is 14.7 Å². The van der Waals surface area contributed by atoms with Crippen molar-refractivity contribution in [3.8, 4) is 5.75 Å². The monoisotopic (exact) mass is 261 g/mol. The van der Waals surface area contributed by atoms with E-state index in [1.165, 1.54) is 0 Å². The highest BCUT2D eigenvalue weighted by Crippen LogP contribution is 2.27. The van der Waals surface area contributed by atoms with Crippen LogP contribution in [0.3, 0.4) is 0 Å². The number of aryl methyl sites for hydroxylation is 2. The molecule has 2 aromatic heterocycles. The number of morpholine rings is 1. The molecule has 0 radical (unpaired) electrons. The smallest absolute Gasteiger partial charge is 0.253 e. The topological polar surface area (TPSA) is 67.1 Å². The highest BCUT2D eigenvalue weighted by molar-refractivity contribution is 5.95. The number of hydrogen-bond donors (Lipinski definition) is 1. The van der Waals surface area contributed by atoms with Gasteiger partial charge in [-0.1, -0.05) is 0 Å². The molecule has 0 bridgehead atoms. The molecule has 0 saturated carbocycles. The van der Waals surface area contributed by atoms with Gasteiger partial charge in [0.1, 0.15) is 6.61 Å². The zero-order valence-corrected chi connectivity index (χ0v) is 10.9. The molecule has 1 amide bonds. The molecule has 1 aliphatic heterocycles. The summed E-state index contributed by atoms with van der Waals surface area (Å²) < 4.78 is 6.91. The summed E-state index contributed by atoms with van der Waals surface area (Å²) in [6.07, 6.45) is 1.83. The fraction of sp³-hybridized carbons (Fsp3) is 0.385. The molecule has 6 nitrogen and oxygen atoms in total. The van der Waals surface area contributed by atoms with Gasteiger partial charge >= 0.3 is 0 Å². The van der Waals surface area contributed by atoms with Crippen molar-refractivity contribution in [1.82, 2.24) is 9.38 Å². The standard InChI is InChI=1S/C13H15N3O3/c1-8-9(2)16-6-10(5-11(17)13(16)14-8)15-3-4-19-7-12(15)18/h5-6,17H,3-4,7H2,1-2H3. The lowest BCUT2D eigenvalue weighted by Gasteiger charge is -2.27. The van der Waals surface area contributed by atoms with E-state index in [2.05, 4.69) is 4.98 Å². The maximum Gasteiger partial charge on any atom is 0.253 e. The molecular formula is C13H15N3O3. The number of anilines is 1. The molecule has 3 rings (SSSR count). The van der Waals surface area contributed by atoms with Crippen molar-refractivity contribution in [3.05, 3.63) is 23.7 Å². The van der Waals surface area contributed by atoms with Crippen LogP contribution in [0, 0.1) is 13.8 Å². The van der Waals surface area contributed by atoms with Crippen molar-refractivity contribution in [1.29, 1.82) is 0 Å². The third kappa shape index (κ3) is 1.84. The first-order chi connectivity index (χ1) is 9.08. The number of pyridine rings is 1. The Morgan fingerprint density at radius 1 is 1.42 bits per heavy atom. The van der Waals surface area contributed by atoms with Crippen molar-refractivity contribution in [2.24, 2.45) is 0 Å². The summed E-state index contributed by atoms with van der Waals surface area (Å²) in [6.45, 7) is 4.91. The summed E-state index contributed by atoms with van der Waals surface area (Å²) in [6, 6.07) is 1.57. The fourth-order valence-corrected chi connectivity index (χ4v) is 2.28. The van der Waals surface area contributed by atoms with Crippen LogP contribution in [0.2, 0.25) is 0 Å². The van der Waals surface area contributed by atoms with Crippen LogP contribution in [0.25, 0.3) is 5.65 Å². The Balaban J connectivity index is 2.14. The number of ether oxygens (including phenoxy) is 1. The zero-order chi connectivity index (χ0) is 13.6. The summed E-state index contributed by atoms with van der Waals surface area (Å²) in [7, 11) is 0. The third-order valence-corrected chi connectivity index (χ3v) is 3.46. The van der Waals surface area contributed by atoms with Crippen molar-refractivity contribution in [2.45, 2.75) is 13.8 Å². The van der Waals surface area contributed by atoms with Gasteiger partial charge in [0.2, 0.25) is 0 Å². The van der Waals surface area contributed by atoms with Crippen LogP contribution in [-0.2, 0) is 9.53 Å². The Morgan fingerprint density at radius 2 is 2.21 bits per heavy atom. The van der Waals surface area contributed by atoms with Crippen LogP contribution in [0.4, 0.5) is 5.69 Å². The lowest BCUT2D eigenvalue weighted by Crippen LogP contribution is -2.41. The third-order valence-electron chi connectivity index (χ3n) is 3.46. The molecule has 0 spiro atoms. The minimum absolute atomic E-state index is 0.0768. The summed E-state index contributed by atoms with van der Waals surface area (Å²) in [5, 5.41) is 10.1. The number of amides is 1. The molecule has 0 aromatic carbocycles. The predicted octanol–water partition coefficient (Wildman–Crippen LogP) is 1.02. The van der Waals surface area contributed by atoms with Crippen LogP contribution in [0.5, 0.6) is 5.75 Å². The van der Waals surface area contributed by atoms with Crippen LogP contribution in [0.15, 0.2) is 12.3 Å². The van der Waals surface area contributed by atoms with Crippen molar-refractivity contribution >= 4 is 17.2 Å². The first-order valence-corrected chi connectivity index (χ1v) is 6.14. The Morgan fingerprint density at radius 3 is 2.95 bits per heavy atom. The van der Waals surface area contributed by atoms with E-state index in [1.807, 2.05) is 24.4 Å². The van der Waals surface area contributed by atoms with E-state index < -0.39 is 0 Å². The van der Waals surface area contributed by atoms with E-state index in [0.29, 0.717) is 24.5 Å². The van der Waals surface area contributed by atoms with E-state index >= 15 is 0 Å². The van der Waals surface area contributed by atoms with Crippen LogP contribution in [0.1, 0.15) is 11.4 Å². The Bertz CT molecular complexity index is 663. The molecule has 100 valence electrons. The number of nitrogens with zero attached hydrogens (tertiary/aromatic N) is 3. The molecular weight excluding hydrogens is 246 g/mol. The SMILES string of the molecule is Cc1nc2c(O)cc(N3CCOCC3=O)cn2c1C. The van der Waals surface area contributed by atoms with Gasteiger partial charge in [-0.3, -0.25) is 9.20 Å². The second kappa shape index (κ2) is 4.24. The first kappa shape index (κ1) is 12.0. The summed E-state index contributed by atoms with van der Waals surface area (Å²) in [4.78, 5) is 17.8. The Kier molecular flexibility index (Phi) is 2.67. The maximum atomic E-state index is 11.8. The predicted molar refractivity (Wildman–Crippen MR) is 69.5 cm³/mol. The van der Waals surface area contributed by atoms with E-state index in [9.17, 15) is 9.90 Å². The largest absolute Gasteiger partial charge is 0.504 e. The number of rotatable bonds is 1. The average molecular weight is 261 g/mol. The number of hydrogen-bond acceptors (Lipinski definition) is 4. The molecule has 0 unspecified atom stereocenters. The highest BCUT2D eigenvalue weighted by atomic mass is 16.5. The Labute approximate surface area is 110 Å². The number of fused-ring (bicyclic) bond motifs is 1. The van der Waals surface area contributed by atoms with Gasteiger partial charge in [-0.25, -0.2) is 4.98 Å². The highest BCUT2D eigenvalue weighted by Gasteiger charge is 2.22. The maximum absolute atomic E-state index is 11.8. The van der Waals surface area contributed by atoms with Gasteiger partial charge in [-0.05, 0) is 13.8 Å². The van der Waals surface area contributed by atoms with E-state index in [4.69, 9.17) is 4.74 Å². The molecule has 1 N–H and O–H groups in total. The lowest BCUT2D eigenvalue weighted by atomic mass is 10.3. The fourth-order valence-electron chi connectivity index (χ4n) is 2.28. The molecule has 1 saturated heterocycles. The van der Waals surface area contributed by atoms with Gasteiger partial charge in [-0.15, -0.1) is 0 Å². The molecule has 2 aromatic rings. The van der Waals surface area contributed by atoms with Crippen LogP contribution in [-0.4, -0.2) is 40.2 Å². The van der Waals surface area contributed by atoms with Gasteiger partial charge in [0.25, 0.3) is 5.91 Å². The molecule has 0 atom stereocenters.